The van der Waals surface area contributed by atoms with Gasteiger partial charge in [0.05, 0.1) is 13.0 Å². The molecule has 1 aromatic rings. The molecule has 1 aliphatic heterocycles. The van der Waals surface area contributed by atoms with Gasteiger partial charge in [-0.3, -0.25) is 9.69 Å². The molecule has 104 valence electrons. The van der Waals surface area contributed by atoms with Gasteiger partial charge in [0.25, 0.3) is 0 Å². The fourth-order valence-electron chi connectivity index (χ4n) is 2.55. The molecule has 1 aromatic carbocycles. The molecule has 1 saturated heterocycles. The van der Waals surface area contributed by atoms with E-state index in [1.54, 1.807) is 6.07 Å². The molecule has 19 heavy (non-hydrogen) atoms. The lowest BCUT2D eigenvalue weighted by molar-refractivity contribution is -0.146. The molecule has 2 atom stereocenters. The SMILES string of the molecule is COC(=O)C1CN(Cc2ccc(F)c(F)c2)CC1C. The minimum atomic E-state index is -0.842. The fraction of sp³-hybridized carbons (Fsp3) is 0.500. The average molecular weight is 269 g/mol. The Hall–Kier alpha value is -1.49. The molecule has 1 fully saturated rings. The van der Waals surface area contributed by atoms with E-state index in [0.717, 1.165) is 12.6 Å². The zero-order valence-electron chi connectivity index (χ0n) is 11.0. The highest BCUT2D eigenvalue weighted by molar-refractivity contribution is 5.73. The zero-order chi connectivity index (χ0) is 14.0. The van der Waals surface area contributed by atoms with Crippen molar-refractivity contribution in [2.24, 2.45) is 11.8 Å². The van der Waals surface area contributed by atoms with Crippen LogP contribution in [0.1, 0.15) is 12.5 Å². The van der Waals surface area contributed by atoms with E-state index in [0.29, 0.717) is 18.7 Å². The Bertz CT molecular complexity index is 479. The van der Waals surface area contributed by atoms with Crippen molar-refractivity contribution in [1.29, 1.82) is 0 Å². The monoisotopic (exact) mass is 269 g/mol. The van der Waals surface area contributed by atoms with Crippen molar-refractivity contribution in [2.45, 2.75) is 13.5 Å². The molecule has 2 unspecified atom stereocenters. The minimum absolute atomic E-state index is 0.143. The molecule has 0 radical (unpaired) electrons. The largest absolute Gasteiger partial charge is 0.469 e. The Morgan fingerprint density at radius 1 is 1.37 bits per heavy atom. The summed E-state index contributed by atoms with van der Waals surface area (Å²) in [6, 6.07) is 3.89. The van der Waals surface area contributed by atoms with Crippen LogP contribution in [0.2, 0.25) is 0 Å². The number of hydrogen-bond acceptors (Lipinski definition) is 3. The second kappa shape index (κ2) is 5.65. The summed E-state index contributed by atoms with van der Waals surface area (Å²) >= 11 is 0. The third-order valence-corrected chi connectivity index (χ3v) is 3.58. The van der Waals surface area contributed by atoms with Gasteiger partial charge in [0.1, 0.15) is 0 Å². The lowest BCUT2D eigenvalue weighted by Crippen LogP contribution is -2.24. The Kier molecular flexibility index (Phi) is 4.14. The van der Waals surface area contributed by atoms with E-state index in [2.05, 4.69) is 4.90 Å². The number of esters is 1. The number of carbonyl (C=O) groups excluding carboxylic acids is 1. The van der Waals surface area contributed by atoms with E-state index in [1.807, 2.05) is 6.92 Å². The number of carbonyl (C=O) groups is 1. The Morgan fingerprint density at radius 2 is 2.11 bits per heavy atom. The third-order valence-electron chi connectivity index (χ3n) is 3.58. The molecule has 0 bridgehead atoms. The van der Waals surface area contributed by atoms with Gasteiger partial charge < -0.3 is 4.74 Å². The first-order chi connectivity index (χ1) is 9.01. The normalized spacial score (nSPS) is 23.6. The van der Waals surface area contributed by atoms with Crippen LogP contribution in [0.5, 0.6) is 0 Å². The minimum Gasteiger partial charge on any atom is -0.469 e. The molecule has 1 aliphatic rings. The van der Waals surface area contributed by atoms with Gasteiger partial charge >= 0.3 is 5.97 Å². The van der Waals surface area contributed by atoms with Gasteiger partial charge in [-0.2, -0.15) is 0 Å². The number of methoxy groups -OCH3 is 1. The van der Waals surface area contributed by atoms with E-state index >= 15 is 0 Å². The molecule has 5 heteroatoms. The molecule has 0 saturated carbocycles. The van der Waals surface area contributed by atoms with E-state index < -0.39 is 11.6 Å². The number of halogens is 2. The van der Waals surface area contributed by atoms with Crippen molar-refractivity contribution >= 4 is 5.97 Å². The molecular weight excluding hydrogens is 252 g/mol. The van der Waals surface area contributed by atoms with Gasteiger partial charge in [0.15, 0.2) is 11.6 Å². The molecule has 0 aromatic heterocycles. The maximum absolute atomic E-state index is 13.1. The first-order valence-electron chi connectivity index (χ1n) is 6.25. The molecule has 0 aliphatic carbocycles. The number of hydrogen-bond donors (Lipinski definition) is 0. The van der Waals surface area contributed by atoms with Crippen LogP contribution in [0.4, 0.5) is 8.78 Å². The molecule has 2 rings (SSSR count). The van der Waals surface area contributed by atoms with Crippen LogP contribution in [-0.4, -0.2) is 31.1 Å². The second-order valence-corrected chi connectivity index (χ2v) is 5.05. The maximum atomic E-state index is 13.1. The van der Waals surface area contributed by atoms with Crippen molar-refractivity contribution in [2.75, 3.05) is 20.2 Å². The maximum Gasteiger partial charge on any atom is 0.310 e. The highest BCUT2D eigenvalue weighted by atomic mass is 19.2. The summed E-state index contributed by atoms with van der Waals surface area (Å²) in [5, 5.41) is 0. The highest BCUT2D eigenvalue weighted by Crippen LogP contribution is 2.25. The molecule has 3 nitrogen and oxygen atoms in total. The summed E-state index contributed by atoms with van der Waals surface area (Å²) in [4.78, 5) is 13.6. The third kappa shape index (κ3) is 3.10. The van der Waals surface area contributed by atoms with Gasteiger partial charge in [0, 0.05) is 19.6 Å². The molecular formula is C14H17F2NO2. The van der Waals surface area contributed by atoms with Crippen LogP contribution in [0, 0.1) is 23.5 Å². The summed E-state index contributed by atoms with van der Waals surface area (Å²) in [7, 11) is 1.38. The number of benzene rings is 1. The quantitative estimate of drug-likeness (QED) is 0.788. The standard InChI is InChI=1S/C14H17F2NO2/c1-9-6-17(8-11(9)14(18)19-2)7-10-3-4-12(15)13(16)5-10/h3-5,9,11H,6-8H2,1-2H3. The molecule has 0 N–H and O–H groups in total. The summed E-state index contributed by atoms with van der Waals surface area (Å²) in [5.74, 6) is -1.83. The summed E-state index contributed by atoms with van der Waals surface area (Å²) < 4.78 is 30.7. The van der Waals surface area contributed by atoms with Crippen LogP contribution in [0.15, 0.2) is 18.2 Å². The van der Waals surface area contributed by atoms with Gasteiger partial charge in [-0.25, -0.2) is 8.78 Å². The van der Waals surface area contributed by atoms with Crippen LogP contribution >= 0.6 is 0 Å². The van der Waals surface area contributed by atoms with Gasteiger partial charge in [-0.15, -0.1) is 0 Å². The first kappa shape index (κ1) is 13.9. The topological polar surface area (TPSA) is 29.5 Å². The number of nitrogens with zero attached hydrogens (tertiary/aromatic N) is 1. The smallest absolute Gasteiger partial charge is 0.310 e. The summed E-state index contributed by atoms with van der Waals surface area (Å²) in [5.41, 5.74) is 0.705. The molecule has 0 spiro atoms. The van der Waals surface area contributed by atoms with Gasteiger partial charge in [0.2, 0.25) is 0 Å². The number of likely N-dealkylation sites (tertiary alicyclic amines) is 1. The lowest BCUT2D eigenvalue weighted by atomic mass is 9.99. The predicted molar refractivity (Wildman–Crippen MR) is 66.3 cm³/mol. The molecule has 1 heterocycles. The summed E-state index contributed by atoms with van der Waals surface area (Å²) in [6.45, 7) is 3.84. The first-order valence-corrected chi connectivity index (χ1v) is 6.25. The van der Waals surface area contributed by atoms with E-state index in [1.165, 1.54) is 13.2 Å². The summed E-state index contributed by atoms with van der Waals surface area (Å²) in [6.07, 6.45) is 0. The number of ether oxygens (including phenoxy) is 1. The van der Waals surface area contributed by atoms with Gasteiger partial charge in [-0.05, 0) is 23.6 Å². The zero-order valence-corrected chi connectivity index (χ0v) is 11.0. The molecule has 0 amide bonds. The van der Waals surface area contributed by atoms with Crippen molar-refractivity contribution in [3.8, 4) is 0 Å². The second-order valence-electron chi connectivity index (χ2n) is 5.05. The fourth-order valence-corrected chi connectivity index (χ4v) is 2.55. The van der Waals surface area contributed by atoms with Crippen LogP contribution in [0.3, 0.4) is 0 Å². The predicted octanol–water partition coefficient (Wildman–Crippen LogP) is 2.21. The Balaban J connectivity index is 2.01. The average Bonchev–Trinajstić information content (AvgIpc) is 2.74. The Morgan fingerprint density at radius 3 is 2.74 bits per heavy atom. The lowest BCUT2D eigenvalue weighted by Gasteiger charge is -2.15. The van der Waals surface area contributed by atoms with Gasteiger partial charge in [-0.1, -0.05) is 13.0 Å². The Labute approximate surface area is 111 Å². The highest BCUT2D eigenvalue weighted by Gasteiger charge is 2.35. The van der Waals surface area contributed by atoms with Crippen LogP contribution < -0.4 is 0 Å². The van der Waals surface area contributed by atoms with E-state index in [-0.39, 0.29) is 17.8 Å². The van der Waals surface area contributed by atoms with Crippen LogP contribution in [-0.2, 0) is 16.1 Å². The van der Waals surface area contributed by atoms with E-state index in [9.17, 15) is 13.6 Å². The van der Waals surface area contributed by atoms with Crippen molar-refractivity contribution in [3.63, 3.8) is 0 Å². The van der Waals surface area contributed by atoms with Crippen molar-refractivity contribution in [1.82, 2.24) is 4.90 Å². The number of rotatable bonds is 3. The van der Waals surface area contributed by atoms with Crippen molar-refractivity contribution < 1.29 is 18.3 Å². The van der Waals surface area contributed by atoms with E-state index in [4.69, 9.17) is 4.74 Å². The van der Waals surface area contributed by atoms with Crippen LogP contribution in [0.25, 0.3) is 0 Å². The van der Waals surface area contributed by atoms with Crippen molar-refractivity contribution in [3.05, 3.63) is 35.4 Å².